The Bertz CT molecular complexity index is 572. The highest BCUT2D eigenvalue weighted by Gasteiger charge is 2.09. The molecule has 0 radical (unpaired) electrons. The molecule has 1 heterocycles. The van der Waals surface area contributed by atoms with Crippen LogP contribution in [0.15, 0.2) is 18.2 Å². The molecule has 1 aromatic heterocycles. The molecule has 0 aliphatic carbocycles. The maximum atomic E-state index is 5.95. The largest absolute Gasteiger partial charge is 0.463 e. The number of nitrogens with zero attached hydrogens (tertiary/aromatic N) is 3. The number of rotatable bonds is 4. The SMILES string of the molecule is CCCOc1nc(N)nc(-c2cc(Cl)cc(Cl)c2)n1. The maximum Gasteiger partial charge on any atom is 0.321 e. The second-order valence-corrected chi connectivity index (χ2v) is 4.68. The van der Waals surface area contributed by atoms with Gasteiger partial charge in [-0.25, -0.2) is 0 Å². The van der Waals surface area contributed by atoms with Crippen LogP contribution >= 0.6 is 23.2 Å². The normalized spacial score (nSPS) is 10.5. The molecule has 100 valence electrons. The molecule has 7 heteroatoms. The Morgan fingerprint density at radius 3 is 2.42 bits per heavy atom. The second kappa shape index (κ2) is 6.04. The lowest BCUT2D eigenvalue weighted by molar-refractivity contribution is 0.292. The lowest BCUT2D eigenvalue weighted by Crippen LogP contribution is -2.05. The van der Waals surface area contributed by atoms with Crippen molar-refractivity contribution < 1.29 is 4.74 Å². The van der Waals surface area contributed by atoms with Crippen LogP contribution in [0, 0.1) is 0 Å². The Hall–Kier alpha value is -1.59. The van der Waals surface area contributed by atoms with Crippen LogP contribution in [0.2, 0.25) is 10.0 Å². The first kappa shape index (κ1) is 13.8. The molecule has 0 aliphatic heterocycles. The number of halogens is 2. The number of nitrogens with two attached hydrogens (primary N) is 1. The molecule has 0 saturated carbocycles. The van der Waals surface area contributed by atoms with Gasteiger partial charge in [0.15, 0.2) is 5.82 Å². The number of hydrogen-bond acceptors (Lipinski definition) is 5. The third-order valence-electron chi connectivity index (χ3n) is 2.19. The van der Waals surface area contributed by atoms with Crippen LogP contribution in [0.4, 0.5) is 5.95 Å². The monoisotopic (exact) mass is 298 g/mol. The number of benzene rings is 1. The average molecular weight is 299 g/mol. The Labute approximate surface area is 120 Å². The van der Waals surface area contributed by atoms with Crippen LogP contribution in [0.3, 0.4) is 0 Å². The smallest absolute Gasteiger partial charge is 0.321 e. The fourth-order valence-electron chi connectivity index (χ4n) is 1.44. The van der Waals surface area contributed by atoms with Gasteiger partial charge >= 0.3 is 6.01 Å². The van der Waals surface area contributed by atoms with Crippen molar-refractivity contribution in [2.45, 2.75) is 13.3 Å². The predicted molar refractivity (Wildman–Crippen MR) is 75.5 cm³/mol. The van der Waals surface area contributed by atoms with Gasteiger partial charge in [0.25, 0.3) is 0 Å². The van der Waals surface area contributed by atoms with E-state index in [1.807, 2.05) is 6.92 Å². The summed E-state index contributed by atoms with van der Waals surface area (Å²) in [5.41, 5.74) is 6.30. The van der Waals surface area contributed by atoms with E-state index in [0.29, 0.717) is 28.0 Å². The molecule has 0 amide bonds. The summed E-state index contributed by atoms with van der Waals surface area (Å²) < 4.78 is 5.35. The number of anilines is 1. The molecule has 0 bridgehead atoms. The molecule has 0 aliphatic rings. The van der Waals surface area contributed by atoms with Gasteiger partial charge in [0.05, 0.1) is 6.61 Å². The molecule has 5 nitrogen and oxygen atoms in total. The zero-order valence-corrected chi connectivity index (χ0v) is 11.7. The third-order valence-corrected chi connectivity index (χ3v) is 2.62. The van der Waals surface area contributed by atoms with E-state index in [1.165, 1.54) is 0 Å². The van der Waals surface area contributed by atoms with E-state index < -0.39 is 0 Å². The average Bonchev–Trinajstić information content (AvgIpc) is 2.34. The van der Waals surface area contributed by atoms with E-state index in [0.717, 1.165) is 6.42 Å². The number of ether oxygens (including phenoxy) is 1. The summed E-state index contributed by atoms with van der Waals surface area (Å²) in [6.07, 6.45) is 0.851. The fourth-order valence-corrected chi connectivity index (χ4v) is 1.97. The van der Waals surface area contributed by atoms with E-state index in [-0.39, 0.29) is 12.0 Å². The summed E-state index contributed by atoms with van der Waals surface area (Å²) in [5.74, 6) is 0.468. The van der Waals surface area contributed by atoms with Crippen molar-refractivity contribution in [3.05, 3.63) is 28.2 Å². The highest BCUT2D eigenvalue weighted by Crippen LogP contribution is 2.26. The Balaban J connectivity index is 2.40. The first-order valence-corrected chi connectivity index (χ1v) is 6.45. The minimum Gasteiger partial charge on any atom is -0.463 e. The van der Waals surface area contributed by atoms with Gasteiger partial charge in [-0.3, -0.25) is 0 Å². The lowest BCUT2D eigenvalue weighted by atomic mass is 10.2. The summed E-state index contributed by atoms with van der Waals surface area (Å²) in [4.78, 5) is 12.1. The van der Waals surface area contributed by atoms with Crippen molar-refractivity contribution in [2.75, 3.05) is 12.3 Å². The molecule has 0 atom stereocenters. The van der Waals surface area contributed by atoms with Crippen molar-refractivity contribution >= 4 is 29.2 Å². The summed E-state index contributed by atoms with van der Waals surface area (Å²) in [5, 5.41) is 0.995. The fraction of sp³-hybridized carbons (Fsp3) is 0.250. The highest BCUT2D eigenvalue weighted by atomic mass is 35.5. The van der Waals surface area contributed by atoms with Gasteiger partial charge in [0.1, 0.15) is 0 Å². The number of nitrogen functional groups attached to an aromatic ring is 1. The molecule has 0 saturated heterocycles. The molecule has 2 aromatic rings. The zero-order chi connectivity index (χ0) is 13.8. The highest BCUT2D eigenvalue weighted by molar-refractivity contribution is 6.35. The Morgan fingerprint density at radius 2 is 1.79 bits per heavy atom. The van der Waals surface area contributed by atoms with Crippen molar-refractivity contribution in [3.63, 3.8) is 0 Å². The standard InChI is InChI=1S/C12H12Cl2N4O/c1-2-3-19-12-17-10(16-11(15)18-12)7-4-8(13)6-9(14)5-7/h4-6H,2-3H2,1H3,(H2,15,16,17,18). The summed E-state index contributed by atoms with van der Waals surface area (Å²) >= 11 is 11.9. The van der Waals surface area contributed by atoms with Crippen LogP contribution in [0.5, 0.6) is 6.01 Å². The molecule has 2 rings (SSSR count). The van der Waals surface area contributed by atoms with Gasteiger partial charge in [0.2, 0.25) is 5.95 Å². The summed E-state index contributed by atoms with van der Waals surface area (Å²) in [6.45, 7) is 2.50. The molecule has 0 unspecified atom stereocenters. The third kappa shape index (κ3) is 3.68. The van der Waals surface area contributed by atoms with Crippen LogP contribution < -0.4 is 10.5 Å². The second-order valence-electron chi connectivity index (χ2n) is 3.81. The van der Waals surface area contributed by atoms with E-state index in [9.17, 15) is 0 Å². The van der Waals surface area contributed by atoms with Crippen molar-refractivity contribution in [1.82, 2.24) is 15.0 Å². The van der Waals surface area contributed by atoms with E-state index in [2.05, 4.69) is 15.0 Å². The molecule has 2 N–H and O–H groups in total. The molecule has 0 fully saturated rings. The lowest BCUT2D eigenvalue weighted by Gasteiger charge is -2.06. The number of hydrogen-bond donors (Lipinski definition) is 1. The van der Waals surface area contributed by atoms with Gasteiger partial charge < -0.3 is 10.5 Å². The van der Waals surface area contributed by atoms with Crippen LogP contribution in [-0.2, 0) is 0 Å². The zero-order valence-electron chi connectivity index (χ0n) is 10.2. The first-order chi connectivity index (χ1) is 9.08. The first-order valence-electron chi connectivity index (χ1n) is 5.69. The summed E-state index contributed by atoms with van der Waals surface area (Å²) in [7, 11) is 0. The minimum atomic E-state index is 0.0900. The van der Waals surface area contributed by atoms with E-state index in [4.69, 9.17) is 33.7 Å². The Kier molecular flexibility index (Phi) is 4.39. The summed E-state index contributed by atoms with van der Waals surface area (Å²) in [6, 6.07) is 5.23. The molecular formula is C12H12Cl2N4O. The molecule has 0 spiro atoms. The van der Waals surface area contributed by atoms with Crippen LogP contribution in [0.25, 0.3) is 11.4 Å². The molecule has 1 aromatic carbocycles. The van der Waals surface area contributed by atoms with Crippen LogP contribution in [0.1, 0.15) is 13.3 Å². The quantitative estimate of drug-likeness (QED) is 0.938. The molecular weight excluding hydrogens is 287 g/mol. The minimum absolute atomic E-state index is 0.0900. The maximum absolute atomic E-state index is 5.95. The van der Waals surface area contributed by atoms with E-state index >= 15 is 0 Å². The van der Waals surface area contributed by atoms with E-state index in [1.54, 1.807) is 18.2 Å². The van der Waals surface area contributed by atoms with Gasteiger partial charge in [-0.1, -0.05) is 30.1 Å². The van der Waals surface area contributed by atoms with Crippen molar-refractivity contribution in [3.8, 4) is 17.4 Å². The number of aromatic nitrogens is 3. The van der Waals surface area contributed by atoms with Crippen LogP contribution in [-0.4, -0.2) is 21.6 Å². The van der Waals surface area contributed by atoms with Gasteiger partial charge in [-0.15, -0.1) is 0 Å². The topological polar surface area (TPSA) is 73.9 Å². The van der Waals surface area contributed by atoms with Crippen molar-refractivity contribution in [2.24, 2.45) is 0 Å². The Morgan fingerprint density at radius 1 is 1.11 bits per heavy atom. The van der Waals surface area contributed by atoms with Crippen molar-refractivity contribution in [1.29, 1.82) is 0 Å². The van der Waals surface area contributed by atoms with Gasteiger partial charge in [0, 0.05) is 15.6 Å². The van der Waals surface area contributed by atoms with Gasteiger partial charge in [-0.05, 0) is 24.6 Å². The predicted octanol–water partition coefficient (Wildman–Crippen LogP) is 3.22. The molecule has 19 heavy (non-hydrogen) atoms. The van der Waals surface area contributed by atoms with Gasteiger partial charge in [-0.2, -0.15) is 15.0 Å².